The highest BCUT2D eigenvalue weighted by molar-refractivity contribution is 5.66. The predicted molar refractivity (Wildman–Crippen MR) is 69.5 cm³/mol. The Hall–Kier alpha value is -2.70. The van der Waals surface area contributed by atoms with Crippen molar-refractivity contribution in [2.75, 3.05) is 6.54 Å². The smallest absolute Gasteiger partial charge is 0.0806 e. The average Bonchev–Trinajstić information content (AvgIpc) is 2.88. The molecule has 1 N–H and O–H groups in total. The molecule has 1 heterocycles. The second kappa shape index (κ2) is 6.14. The number of rotatable bonds is 3. The first-order valence-corrected chi connectivity index (χ1v) is 5.50. The maximum Gasteiger partial charge on any atom is 0.0806 e. The summed E-state index contributed by atoms with van der Waals surface area (Å²) in [6, 6.07) is 9.90. The number of nitrogens with zero attached hydrogens (tertiary/aromatic N) is 4. The molecule has 0 aliphatic carbocycles. The lowest BCUT2D eigenvalue weighted by Crippen LogP contribution is -1.81. The lowest BCUT2D eigenvalue weighted by atomic mass is 10.1. The number of azide groups is 1. The van der Waals surface area contributed by atoms with Crippen LogP contribution in [0, 0.1) is 11.8 Å². The van der Waals surface area contributed by atoms with E-state index < -0.39 is 0 Å². The van der Waals surface area contributed by atoms with Crippen LogP contribution in [-0.2, 0) is 0 Å². The van der Waals surface area contributed by atoms with Crippen molar-refractivity contribution in [2.24, 2.45) is 5.11 Å². The summed E-state index contributed by atoms with van der Waals surface area (Å²) in [5.41, 5.74) is 10.9. The summed E-state index contributed by atoms with van der Waals surface area (Å²) in [6.45, 7) is 0.391. The van der Waals surface area contributed by atoms with E-state index in [0.29, 0.717) is 13.0 Å². The molecule has 0 atom stereocenters. The van der Waals surface area contributed by atoms with Crippen molar-refractivity contribution < 1.29 is 0 Å². The van der Waals surface area contributed by atoms with Gasteiger partial charge in [-0.1, -0.05) is 47.3 Å². The van der Waals surface area contributed by atoms with Crippen LogP contribution in [0.4, 0.5) is 0 Å². The van der Waals surface area contributed by atoms with E-state index in [9.17, 15) is 0 Å². The van der Waals surface area contributed by atoms with Gasteiger partial charge in [0.1, 0.15) is 0 Å². The summed E-state index contributed by atoms with van der Waals surface area (Å²) in [5, 5.41) is 10.4. The van der Waals surface area contributed by atoms with E-state index in [-0.39, 0.29) is 0 Å². The molecule has 5 nitrogen and oxygen atoms in total. The number of benzene rings is 1. The van der Waals surface area contributed by atoms with Crippen molar-refractivity contribution in [3.05, 3.63) is 52.5 Å². The molecule has 88 valence electrons. The third-order valence-electron chi connectivity index (χ3n) is 2.32. The van der Waals surface area contributed by atoms with E-state index in [4.69, 9.17) is 5.53 Å². The van der Waals surface area contributed by atoms with Crippen LogP contribution >= 0.6 is 0 Å². The van der Waals surface area contributed by atoms with Gasteiger partial charge in [-0.05, 0) is 5.53 Å². The van der Waals surface area contributed by atoms with Gasteiger partial charge in [0, 0.05) is 23.4 Å². The van der Waals surface area contributed by atoms with E-state index in [2.05, 4.69) is 32.1 Å². The van der Waals surface area contributed by atoms with Crippen molar-refractivity contribution in [1.82, 2.24) is 10.2 Å². The van der Waals surface area contributed by atoms with Gasteiger partial charge >= 0.3 is 0 Å². The monoisotopic (exact) mass is 237 g/mol. The minimum atomic E-state index is 0.391. The first-order chi connectivity index (χ1) is 8.92. The fraction of sp³-hybridized carbons (Fsp3) is 0.154. The number of nitrogens with one attached hydrogen (secondary N) is 1. The molecule has 0 fully saturated rings. The van der Waals surface area contributed by atoms with Crippen molar-refractivity contribution in [3.63, 3.8) is 0 Å². The molecule has 18 heavy (non-hydrogen) atoms. The van der Waals surface area contributed by atoms with Crippen LogP contribution in [0.15, 0.2) is 41.6 Å². The number of H-pyrrole nitrogens is 1. The molecule has 0 aliphatic rings. The normalized spacial score (nSPS) is 9.11. The Morgan fingerprint density at radius 2 is 2.17 bits per heavy atom. The molecule has 2 rings (SSSR count). The third-order valence-corrected chi connectivity index (χ3v) is 2.32. The zero-order valence-electron chi connectivity index (χ0n) is 9.67. The Bertz CT molecular complexity index is 612. The second-order valence-corrected chi connectivity index (χ2v) is 3.53. The van der Waals surface area contributed by atoms with Crippen molar-refractivity contribution in [1.29, 1.82) is 0 Å². The maximum atomic E-state index is 8.14. The Morgan fingerprint density at radius 3 is 2.94 bits per heavy atom. The van der Waals surface area contributed by atoms with E-state index in [0.717, 1.165) is 16.8 Å². The van der Waals surface area contributed by atoms with Crippen LogP contribution in [0.1, 0.15) is 12.0 Å². The zero-order chi connectivity index (χ0) is 12.6. The molecule has 1 aromatic heterocycles. The van der Waals surface area contributed by atoms with Gasteiger partial charge in [-0.15, -0.1) is 0 Å². The van der Waals surface area contributed by atoms with Gasteiger partial charge in [0.25, 0.3) is 0 Å². The second-order valence-electron chi connectivity index (χ2n) is 3.53. The number of hydrogen-bond donors (Lipinski definition) is 1. The number of aromatic amines is 1. The van der Waals surface area contributed by atoms with E-state index in [1.807, 2.05) is 30.3 Å². The summed E-state index contributed by atoms with van der Waals surface area (Å²) >= 11 is 0. The molecule has 0 unspecified atom stereocenters. The quantitative estimate of drug-likeness (QED) is 0.287. The Kier molecular flexibility index (Phi) is 4.02. The minimum absolute atomic E-state index is 0.391. The SMILES string of the molecule is [N-]=[N+]=NCCC#Cc1cn[nH]c1-c1ccccc1. The summed E-state index contributed by atoms with van der Waals surface area (Å²) < 4.78 is 0. The molecule has 0 bridgehead atoms. The molecule has 0 saturated heterocycles. The van der Waals surface area contributed by atoms with Gasteiger partial charge < -0.3 is 0 Å². The Morgan fingerprint density at radius 1 is 1.33 bits per heavy atom. The van der Waals surface area contributed by atoms with Crippen LogP contribution in [0.3, 0.4) is 0 Å². The third kappa shape index (κ3) is 2.91. The molecule has 0 saturated carbocycles. The highest BCUT2D eigenvalue weighted by Gasteiger charge is 2.03. The summed E-state index contributed by atoms with van der Waals surface area (Å²) in [6.07, 6.45) is 2.24. The highest BCUT2D eigenvalue weighted by Crippen LogP contribution is 2.19. The van der Waals surface area contributed by atoms with Gasteiger partial charge in [0.05, 0.1) is 17.5 Å². The van der Waals surface area contributed by atoms with Crippen LogP contribution in [0.5, 0.6) is 0 Å². The fourth-order valence-electron chi connectivity index (χ4n) is 1.51. The van der Waals surface area contributed by atoms with Gasteiger partial charge in [-0.2, -0.15) is 5.10 Å². The standard InChI is InChI=1S/C13H11N5/c14-18-15-9-5-4-8-12-10-16-17-13(12)11-6-2-1-3-7-11/h1-3,6-7,10H,5,9H2,(H,16,17). The summed E-state index contributed by atoms with van der Waals surface area (Å²) in [5.74, 6) is 5.98. The minimum Gasteiger partial charge on any atom is -0.277 e. The first kappa shape index (κ1) is 11.8. The molecule has 1 aromatic carbocycles. The Balaban J connectivity index is 2.16. The predicted octanol–water partition coefficient (Wildman–Crippen LogP) is 3.13. The van der Waals surface area contributed by atoms with Crippen LogP contribution in [0.2, 0.25) is 0 Å². The van der Waals surface area contributed by atoms with Gasteiger partial charge in [-0.25, -0.2) is 0 Å². The van der Waals surface area contributed by atoms with Crippen LogP contribution < -0.4 is 0 Å². The average molecular weight is 237 g/mol. The van der Waals surface area contributed by atoms with Crippen molar-refractivity contribution >= 4 is 0 Å². The molecular formula is C13H11N5. The molecule has 0 aliphatic heterocycles. The fourth-order valence-corrected chi connectivity index (χ4v) is 1.51. The lowest BCUT2D eigenvalue weighted by Gasteiger charge is -1.97. The van der Waals surface area contributed by atoms with Gasteiger partial charge in [-0.3, -0.25) is 5.10 Å². The summed E-state index contributed by atoms with van der Waals surface area (Å²) in [7, 11) is 0. The van der Waals surface area contributed by atoms with Crippen molar-refractivity contribution in [2.45, 2.75) is 6.42 Å². The first-order valence-electron chi connectivity index (χ1n) is 5.50. The van der Waals surface area contributed by atoms with E-state index >= 15 is 0 Å². The topological polar surface area (TPSA) is 77.4 Å². The number of hydrogen-bond acceptors (Lipinski definition) is 2. The maximum absolute atomic E-state index is 8.14. The summed E-state index contributed by atoms with van der Waals surface area (Å²) in [4.78, 5) is 2.67. The molecule has 2 aromatic rings. The Labute approximate surface area is 104 Å². The molecule has 5 heteroatoms. The zero-order valence-corrected chi connectivity index (χ0v) is 9.67. The van der Waals surface area contributed by atoms with E-state index in [1.54, 1.807) is 6.20 Å². The molecule has 0 spiro atoms. The van der Waals surface area contributed by atoms with Crippen molar-refractivity contribution in [3.8, 4) is 23.1 Å². The molecular weight excluding hydrogens is 226 g/mol. The van der Waals surface area contributed by atoms with Gasteiger partial charge in [0.2, 0.25) is 0 Å². The largest absolute Gasteiger partial charge is 0.277 e. The highest BCUT2D eigenvalue weighted by atomic mass is 15.1. The van der Waals surface area contributed by atoms with Crippen LogP contribution in [0.25, 0.3) is 21.7 Å². The van der Waals surface area contributed by atoms with Crippen LogP contribution in [-0.4, -0.2) is 16.7 Å². The lowest BCUT2D eigenvalue weighted by molar-refractivity contribution is 1.01. The molecule has 0 radical (unpaired) electrons. The number of aromatic nitrogens is 2. The molecule has 0 amide bonds. The van der Waals surface area contributed by atoms with E-state index in [1.165, 1.54) is 0 Å². The van der Waals surface area contributed by atoms with Gasteiger partial charge in [0.15, 0.2) is 0 Å².